The van der Waals surface area contributed by atoms with Gasteiger partial charge in [0, 0.05) is 11.7 Å². The Kier molecular flexibility index (Phi) is 2.43. The van der Waals surface area contributed by atoms with Crippen molar-refractivity contribution in [3.63, 3.8) is 0 Å². The van der Waals surface area contributed by atoms with Crippen LogP contribution in [0.4, 0.5) is 0 Å². The Labute approximate surface area is 86.7 Å². The number of fused-ring (bicyclic) bond motifs is 1. The third-order valence-electron chi connectivity index (χ3n) is 2.39. The Morgan fingerprint density at radius 1 is 1.47 bits per heavy atom. The highest BCUT2D eigenvalue weighted by atomic mass is 16.4. The number of aliphatic carboxylic acids is 1. The number of carbonyl (C=O) groups is 1. The van der Waals surface area contributed by atoms with Gasteiger partial charge in [-0.2, -0.15) is 0 Å². The van der Waals surface area contributed by atoms with E-state index in [0.717, 1.165) is 16.5 Å². The number of nitrogens with one attached hydrogen (secondary N) is 1. The highest BCUT2D eigenvalue weighted by molar-refractivity contribution is 5.80. The summed E-state index contributed by atoms with van der Waals surface area (Å²) >= 11 is 0. The smallest absolute Gasteiger partial charge is 0.320 e. The van der Waals surface area contributed by atoms with E-state index in [2.05, 4.69) is 4.98 Å². The topological polar surface area (TPSA) is 79.1 Å². The average Bonchev–Trinajstić information content (AvgIpc) is 2.64. The molecule has 0 fully saturated rings. The van der Waals surface area contributed by atoms with Crippen molar-refractivity contribution in [1.82, 2.24) is 4.98 Å². The Morgan fingerprint density at radius 3 is 3.00 bits per heavy atom. The zero-order valence-electron chi connectivity index (χ0n) is 8.10. The highest BCUT2D eigenvalue weighted by Crippen LogP contribution is 2.15. The van der Waals surface area contributed by atoms with E-state index < -0.39 is 12.0 Å². The minimum atomic E-state index is -0.968. The van der Waals surface area contributed by atoms with Crippen LogP contribution in [0.2, 0.25) is 0 Å². The summed E-state index contributed by atoms with van der Waals surface area (Å²) in [6.45, 7) is 0. The zero-order chi connectivity index (χ0) is 10.8. The number of H-pyrrole nitrogens is 1. The zero-order valence-corrected chi connectivity index (χ0v) is 8.10. The monoisotopic (exact) mass is 204 g/mol. The van der Waals surface area contributed by atoms with Crippen LogP contribution in [0.15, 0.2) is 30.5 Å². The molecule has 0 radical (unpaired) electrons. The molecule has 0 aliphatic heterocycles. The van der Waals surface area contributed by atoms with E-state index in [-0.39, 0.29) is 0 Å². The summed E-state index contributed by atoms with van der Waals surface area (Å²) < 4.78 is 0. The van der Waals surface area contributed by atoms with Crippen LogP contribution < -0.4 is 5.73 Å². The fraction of sp³-hybridized carbons (Fsp3) is 0.182. The minimum Gasteiger partial charge on any atom is -0.480 e. The van der Waals surface area contributed by atoms with Gasteiger partial charge in [0.15, 0.2) is 0 Å². The molecule has 4 N–H and O–H groups in total. The van der Waals surface area contributed by atoms with Gasteiger partial charge in [-0.15, -0.1) is 0 Å². The maximum absolute atomic E-state index is 10.6. The van der Waals surface area contributed by atoms with E-state index in [1.165, 1.54) is 0 Å². The predicted octanol–water partition coefficient (Wildman–Crippen LogP) is 1.12. The van der Waals surface area contributed by atoms with Crippen molar-refractivity contribution in [2.45, 2.75) is 12.5 Å². The van der Waals surface area contributed by atoms with E-state index in [4.69, 9.17) is 10.8 Å². The highest BCUT2D eigenvalue weighted by Gasteiger charge is 2.12. The van der Waals surface area contributed by atoms with Crippen molar-refractivity contribution < 1.29 is 9.90 Å². The number of aromatic nitrogens is 1. The molecule has 15 heavy (non-hydrogen) atoms. The molecule has 1 aromatic carbocycles. The summed E-state index contributed by atoms with van der Waals surface area (Å²) in [5.74, 6) is -0.968. The summed E-state index contributed by atoms with van der Waals surface area (Å²) in [4.78, 5) is 13.7. The lowest BCUT2D eigenvalue weighted by molar-refractivity contribution is -0.138. The third-order valence-corrected chi connectivity index (χ3v) is 2.39. The number of carboxylic acids is 1. The van der Waals surface area contributed by atoms with E-state index in [1.807, 2.05) is 30.5 Å². The van der Waals surface area contributed by atoms with Crippen LogP contribution in [0.1, 0.15) is 5.56 Å². The molecular weight excluding hydrogens is 192 g/mol. The summed E-state index contributed by atoms with van der Waals surface area (Å²) in [6, 6.07) is 6.89. The van der Waals surface area contributed by atoms with Crippen molar-refractivity contribution in [3.8, 4) is 0 Å². The van der Waals surface area contributed by atoms with Crippen LogP contribution >= 0.6 is 0 Å². The fourth-order valence-corrected chi connectivity index (χ4v) is 1.57. The van der Waals surface area contributed by atoms with Gasteiger partial charge in [-0.05, 0) is 35.6 Å². The molecule has 1 heterocycles. The molecule has 4 nitrogen and oxygen atoms in total. The largest absolute Gasteiger partial charge is 0.480 e. The van der Waals surface area contributed by atoms with Crippen LogP contribution in [0.3, 0.4) is 0 Å². The van der Waals surface area contributed by atoms with Crippen LogP contribution in [0.5, 0.6) is 0 Å². The van der Waals surface area contributed by atoms with Crippen molar-refractivity contribution in [2.24, 2.45) is 5.73 Å². The van der Waals surface area contributed by atoms with Gasteiger partial charge in [-0.3, -0.25) is 4.79 Å². The lowest BCUT2D eigenvalue weighted by Crippen LogP contribution is -2.32. The maximum Gasteiger partial charge on any atom is 0.320 e. The molecule has 0 bridgehead atoms. The number of benzene rings is 1. The first-order valence-corrected chi connectivity index (χ1v) is 4.71. The quantitative estimate of drug-likeness (QED) is 0.701. The van der Waals surface area contributed by atoms with E-state index in [9.17, 15) is 4.79 Å². The van der Waals surface area contributed by atoms with Crippen LogP contribution in [-0.4, -0.2) is 22.1 Å². The van der Waals surface area contributed by atoms with Crippen LogP contribution in [0.25, 0.3) is 10.9 Å². The van der Waals surface area contributed by atoms with Gasteiger partial charge < -0.3 is 15.8 Å². The molecule has 1 unspecified atom stereocenters. The van der Waals surface area contributed by atoms with Crippen LogP contribution in [0, 0.1) is 0 Å². The standard InChI is InChI=1S/C11H12N2O2/c12-9(11(14)15)6-7-1-2-10-8(5-7)3-4-13-10/h1-5,9,13H,6,12H2,(H,14,15). The summed E-state index contributed by atoms with van der Waals surface area (Å²) in [6.07, 6.45) is 2.21. The molecule has 1 atom stereocenters. The maximum atomic E-state index is 10.6. The first-order valence-electron chi connectivity index (χ1n) is 4.71. The number of carboxylic acid groups (broad SMARTS) is 1. The Morgan fingerprint density at radius 2 is 2.27 bits per heavy atom. The fourth-order valence-electron chi connectivity index (χ4n) is 1.57. The van der Waals surface area contributed by atoms with Gasteiger partial charge in [0.1, 0.15) is 6.04 Å². The van der Waals surface area contributed by atoms with Gasteiger partial charge in [-0.25, -0.2) is 0 Å². The Bertz CT molecular complexity index is 490. The first-order chi connectivity index (χ1) is 7.16. The second kappa shape index (κ2) is 3.74. The second-order valence-corrected chi connectivity index (χ2v) is 3.55. The Hall–Kier alpha value is -1.81. The van der Waals surface area contributed by atoms with Crippen molar-refractivity contribution in [2.75, 3.05) is 0 Å². The van der Waals surface area contributed by atoms with E-state index in [0.29, 0.717) is 6.42 Å². The van der Waals surface area contributed by atoms with Crippen molar-refractivity contribution >= 4 is 16.9 Å². The number of nitrogens with two attached hydrogens (primary N) is 1. The average molecular weight is 204 g/mol. The lowest BCUT2D eigenvalue weighted by atomic mass is 10.1. The van der Waals surface area contributed by atoms with Gasteiger partial charge >= 0.3 is 5.97 Å². The molecule has 0 aliphatic rings. The van der Waals surface area contributed by atoms with Gasteiger partial charge in [0.05, 0.1) is 0 Å². The first kappa shape index (κ1) is 9.73. The molecule has 2 aromatic rings. The number of hydrogen-bond donors (Lipinski definition) is 3. The molecule has 0 saturated heterocycles. The second-order valence-electron chi connectivity index (χ2n) is 3.55. The lowest BCUT2D eigenvalue weighted by Gasteiger charge is -2.06. The van der Waals surface area contributed by atoms with E-state index >= 15 is 0 Å². The van der Waals surface area contributed by atoms with Gasteiger partial charge in [-0.1, -0.05) is 6.07 Å². The normalized spacial score (nSPS) is 12.9. The predicted molar refractivity (Wildman–Crippen MR) is 57.6 cm³/mol. The Balaban J connectivity index is 2.24. The summed E-state index contributed by atoms with van der Waals surface area (Å²) in [5, 5.41) is 9.76. The number of hydrogen-bond acceptors (Lipinski definition) is 2. The molecule has 78 valence electrons. The van der Waals surface area contributed by atoms with Gasteiger partial charge in [0.25, 0.3) is 0 Å². The molecule has 0 spiro atoms. The number of rotatable bonds is 3. The molecule has 0 aliphatic carbocycles. The molecule has 4 heteroatoms. The molecule has 0 amide bonds. The molecule has 1 aromatic heterocycles. The third kappa shape index (κ3) is 1.99. The van der Waals surface area contributed by atoms with Gasteiger partial charge in [0.2, 0.25) is 0 Å². The molecular formula is C11H12N2O2. The van der Waals surface area contributed by atoms with Crippen LogP contribution in [-0.2, 0) is 11.2 Å². The summed E-state index contributed by atoms with van der Waals surface area (Å²) in [5.41, 5.74) is 7.45. The molecule has 2 rings (SSSR count). The summed E-state index contributed by atoms with van der Waals surface area (Å²) in [7, 11) is 0. The minimum absolute atomic E-state index is 0.358. The SMILES string of the molecule is NC(Cc1ccc2[nH]ccc2c1)C(=O)O. The van der Waals surface area contributed by atoms with E-state index in [1.54, 1.807) is 0 Å². The van der Waals surface area contributed by atoms with Crippen molar-refractivity contribution in [3.05, 3.63) is 36.0 Å². The number of aromatic amines is 1. The van der Waals surface area contributed by atoms with Crippen molar-refractivity contribution in [1.29, 1.82) is 0 Å². The molecule has 0 saturated carbocycles.